The van der Waals surface area contributed by atoms with E-state index in [-0.39, 0.29) is 0 Å². The molecule has 1 heterocycles. The van der Waals surface area contributed by atoms with Crippen LogP contribution in [0.3, 0.4) is 0 Å². The molecule has 0 N–H and O–H groups in total. The van der Waals surface area contributed by atoms with Gasteiger partial charge in [0.15, 0.2) is 0 Å². The molecule has 2 bridgehead atoms. The first-order valence-electron chi connectivity index (χ1n) is 4.62. The molecule has 0 aromatic heterocycles. The molecule has 0 spiro atoms. The first kappa shape index (κ1) is 6.67. The smallest absolute Gasteiger partial charge is 0.0535 e. The summed E-state index contributed by atoms with van der Waals surface area (Å²) in [4.78, 5) is 0. The van der Waals surface area contributed by atoms with E-state index in [1.807, 2.05) is 0 Å². The van der Waals surface area contributed by atoms with Gasteiger partial charge in [-0.3, -0.25) is 0 Å². The fraction of sp³-hybridized carbons (Fsp3) is 0.455. The average molecular weight is 160 g/mol. The fourth-order valence-electron chi connectivity index (χ4n) is 2.52. The van der Waals surface area contributed by atoms with Gasteiger partial charge in [0.2, 0.25) is 0 Å². The SMILES string of the molecule is c1ccc2c(c1)C1COCC2C1. The van der Waals surface area contributed by atoms with Crippen molar-refractivity contribution in [3.05, 3.63) is 35.4 Å². The third-order valence-corrected chi connectivity index (χ3v) is 3.08. The first-order chi connectivity index (χ1) is 5.95. The molecule has 0 amide bonds. The number of fused-ring (bicyclic) bond motifs is 5. The van der Waals surface area contributed by atoms with E-state index in [1.54, 1.807) is 11.1 Å². The summed E-state index contributed by atoms with van der Waals surface area (Å²) in [6.07, 6.45) is 1.32. The van der Waals surface area contributed by atoms with Gasteiger partial charge in [-0.25, -0.2) is 0 Å². The second kappa shape index (κ2) is 2.33. The van der Waals surface area contributed by atoms with Gasteiger partial charge in [0.1, 0.15) is 0 Å². The minimum atomic E-state index is 0.694. The van der Waals surface area contributed by atoms with Crippen molar-refractivity contribution in [1.82, 2.24) is 0 Å². The number of hydrogen-bond acceptors (Lipinski definition) is 1. The zero-order valence-electron chi connectivity index (χ0n) is 6.99. The lowest BCUT2D eigenvalue weighted by atomic mass is 10.0. The van der Waals surface area contributed by atoms with Crippen LogP contribution in [0.15, 0.2) is 24.3 Å². The van der Waals surface area contributed by atoms with Crippen LogP contribution < -0.4 is 0 Å². The van der Waals surface area contributed by atoms with E-state index in [0.717, 1.165) is 13.2 Å². The predicted molar refractivity (Wildman–Crippen MR) is 47.4 cm³/mol. The van der Waals surface area contributed by atoms with E-state index < -0.39 is 0 Å². The Kier molecular flexibility index (Phi) is 1.30. The highest BCUT2D eigenvalue weighted by Gasteiger charge is 2.34. The van der Waals surface area contributed by atoms with Gasteiger partial charge in [0, 0.05) is 11.8 Å². The Morgan fingerprint density at radius 1 is 1.00 bits per heavy atom. The zero-order valence-corrected chi connectivity index (χ0v) is 6.99. The fourth-order valence-corrected chi connectivity index (χ4v) is 2.52. The molecule has 2 atom stereocenters. The minimum Gasteiger partial charge on any atom is -0.380 e. The van der Waals surface area contributed by atoms with E-state index in [2.05, 4.69) is 24.3 Å². The van der Waals surface area contributed by atoms with Crippen molar-refractivity contribution >= 4 is 0 Å². The Morgan fingerprint density at radius 2 is 1.58 bits per heavy atom. The number of ether oxygens (including phenoxy) is 1. The molecule has 0 radical (unpaired) electrons. The minimum absolute atomic E-state index is 0.694. The summed E-state index contributed by atoms with van der Waals surface area (Å²) >= 11 is 0. The second-order valence-electron chi connectivity index (χ2n) is 3.80. The van der Waals surface area contributed by atoms with Crippen LogP contribution >= 0.6 is 0 Å². The molecular weight excluding hydrogens is 148 g/mol. The molecule has 12 heavy (non-hydrogen) atoms. The molecular formula is C11H12O. The van der Waals surface area contributed by atoms with Crippen LogP contribution in [0.2, 0.25) is 0 Å². The maximum Gasteiger partial charge on any atom is 0.0535 e. The van der Waals surface area contributed by atoms with Gasteiger partial charge >= 0.3 is 0 Å². The molecule has 1 fully saturated rings. The van der Waals surface area contributed by atoms with Crippen LogP contribution in [0.4, 0.5) is 0 Å². The highest BCUT2D eigenvalue weighted by atomic mass is 16.5. The van der Waals surface area contributed by atoms with Crippen LogP contribution in [0.25, 0.3) is 0 Å². The third kappa shape index (κ3) is 0.774. The summed E-state index contributed by atoms with van der Waals surface area (Å²) in [5.41, 5.74) is 3.08. The van der Waals surface area contributed by atoms with Crippen LogP contribution in [0.1, 0.15) is 29.4 Å². The molecule has 62 valence electrons. The molecule has 2 aliphatic rings. The number of benzene rings is 1. The molecule has 1 aromatic rings. The third-order valence-electron chi connectivity index (χ3n) is 3.08. The largest absolute Gasteiger partial charge is 0.380 e. The van der Waals surface area contributed by atoms with Crippen molar-refractivity contribution in [2.45, 2.75) is 18.3 Å². The second-order valence-corrected chi connectivity index (χ2v) is 3.80. The van der Waals surface area contributed by atoms with E-state index in [9.17, 15) is 0 Å². The Bertz CT molecular complexity index is 277. The van der Waals surface area contributed by atoms with Crippen LogP contribution in [0.5, 0.6) is 0 Å². The molecule has 1 aliphatic carbocycles. The van der Waals surface area contributed by atoms with Crippen molar-refractivity contribution in [1.29, 1.82) is 0 Å². The molecule has 2 unspecified atom stereocenters. The molecule has 1 heteroatoms. The Balaban J connectivity index is 2.16. The summed E-state index contributed by atoms with van der Waals surface area (Å²) in [5.74, 6) is 1.39. The summed E-state index contributed by atoms with van der Waals surface area (Å²) in [5, 5.41) is 0. The van der Waals surface area contributed by atoms with Gasteiger partial charge in [-0.1, -0.05) is 24.3 Å². The van der Waals surface area contributed by atoms with Gasteiger partial charge in [-0.05, 0) is 17.5 Å². The Morgan fingerprint density at radius 3 is 2.17 bits per heavy atom. The number of rotatable bonds is 0. The van der Waals surface area contributed by atoms with Gasteiger partial charge in [0.25, 0.3) is 0 Å². The molecule has 1 aromatic carbocycles. The standard InChI is InChI=1S/C11H12O/c1-2-4-11-9-5-8(6-12-7-9)10(11)3-1/h1-4,8-9H,5-7H2. The monoisotopic (exact) mass is 160 g/mol. The highest BCUT2D eigenvalue weighted by molar-refractivity contribution is 5.39. The summed E-state index contributed by atoms with van der Waals surface area (Å²) in [6, 6.07) is 8.79. The normalized spacial score (nSPS) is 31.7. The van der Waals surface area contributed by atoms with Crippen molar-refractivity contribution in [2.24, 2.45) is 0 Å². The number of hydrogen-bond donors (Lipinski definition) is 0. The summed E-state index contributed by atoms with van der Waals surface area (Å²) < 4.78 is 5.54. The topological polar surface area (TPSA) is 9.23 Å². The van der Waals surface area contributed by atoms with E-state index in [1.165, 1.54) is 6.42 Å². The van der Waals surface area contributed by atoms with Gasteiger partial charge < -0.3 is 4.74 Å². The van der Waals surface area contributed by atoms with Gasteiger partial charge in [-0.2, -0.15) is 0 Å². The zero-order chi connectivity index (χ0) is 7.97. The Hall–Kier alpha value is -0.820. The van der Waals surface area contributed by atoms with Crippen LogP contribution in [0, 0.1) is 0 Å². The maximum absolute atomic E-state index is 5.54. The van der Waals surface area contributed by atoms with E-state index in [0.29, 0.717) is 11.8 Å². The van der Waals surface area contributed by atoms with Crippen molar-refractivity contribution < 1.29 is 4.74 Å². The quantitative estimate of drug-likeness (QED) is 0.565. The lowest BCUT2D eigenvalue weighted by Crippen LogP contribution is -2.14. The predicted octanol–water partition coefficient (Wildman–Crippen LogP) is 2.29. The van der Waals surface area contributed by atoms with E-state index in [4.69, 9.17) is 4.74 Å². The summed E-state index contributed by atoms with van der Waals surface area (Å²) in [6.45, 7) is 1.88. The average Bonchev–Trinajstić information content (AvgIpc) is 2.41. The van der Waals surface area contributed by atoms with Crippen molar-refractivity contribution in [2.75, 3.05) is 13.2 Å². The highest BCUT2D eigenvalue weighted by Crippen LogP contribution is 2.44. The molecule has 3 rings (SSSR count). The van der Waals surface area contributed by atoms with Crippen molar-refractivity contribution in [3.63, 3.8) is 0 Å². The van der Waals surface area contributed by atoms with Gasteiger partial charge in [-0.15, -0.1) is 0 Å². The lowest BCUT2D eigenvalue weighted by Gasteiger charge is -2.19. The molecule has 0 saturated carbocycles. The van der Waals surface area contributed by atoms with Gasteiger partial charge in [0.05, 0.1) is 13.2 Å². The molecule has 1 nitrogen and oxygen atoms in total. The molecule has 1 aliphatic heterocycles. The maximum atomic E-state index is 5.54. The van der Waals surface area contributed by atoms with Crippen molar-refractivity contribution in [3.8, 4) is 0 Å². The lowest BCUT2D eigenvalue weighted by molar-refractivity contribution is 0.0761. The summed E-state index contributed by atoms with van der Waals surface area (Å²) in [7, 11) is 0. The molecule has 1 saturated heterocycles. The Labute approximate surface area is 72.4 Å². The van der Waals surface area contributed by atoms with Crippen LogP contribution in [-0.2, 0) is 4.74 Å². The first-order valence-corrected chi connectivity index (χ1v) is 4.62. The van der Waals surface area contributed by atoms with Crippen LogP contribution in [-0.4, -0.2) is 13.2 Å². The van der Waals surface area contributed by atoms with E-state index >= 15 is 0 Å².